The van der Waals surface area contributed by atoms with E-state index in [1.54, 1.807) is 0 Å². The van der Waals surface area contributed by atoms with E-state index in [-0.39, 0.29) is 0 Å². The molecule has 0 N–H and O–H groups in total. The highest BCUT2D eigenvalue weighted by atomic mass is 14.2. The highest BCUT2D eigenvalue weighted by Crippen LogP contribution is 2.46. The van der Waals surface area contributed by atoms with Gasteiger partial charge in [-0.25, -0.2) is 0 Å². The molecular weight excluding hydrogens is 480 g/mol. The molecule has 0 unspecified atom stereocenters. The van der Waals surface area contributed by atoms with Crippen molar-refractivity contribution in [2.75, 3.05) is 0 Å². The van der Waals surface area contributed by atoms with Crippen LogP contribution in [-0.4, -0.2) is 0 Å². The van der Waals surface area contributed by atoms with E-state index in [1.165, 1.54) is 76.5 Å². The lowest BCUT2D eigenvalue weighted by Crippen LogP contribution is -1.92. The molecular formula is C40H26. The van der Waals surface area contributed by atoms with Crippen molar-refractivity contribution in [1.29, 1.82) is 0 Å². The molecule has 0 atom stereocenters. The Morgan fingerprint density at radius 2 is 0.700 bits per heavy atom. The van der Waals surface area contributed by atoms with Gasteiger partial charge in [-0.3, -0.25) is 0 Å². The van der Waals surface area contributed by atoms with Gasteiger partial charge in [-0.15, -0.1) is 0 Å². The molecule has 0 heterocycles. The van der Waals surface area contributed by atoms with Crippen molar-refractivity contribution >= 4 is 43.1 Å². The van der Waals surface area contributed by atoms with Crippen molar-refractivity contribution in [3.63, 3.8) is 0 Å². The maximum Gasteiger partial charge on any atom is -0.00201 e. The average molecular weight is 507 g/mol. The second-order valence-electron chi connectivity index (χ2n) is 10.5. The lowest BCUT2D eigenvalue weighted by Gasteiger charge is -2.20. The van der Waals surface area contributed by atoms with Crippen LogP contribution in [-0.2, 0) is 0 Å². The fourth-order valence-electron chi connectivity index (χ4n) is 6.45. The zero-order valence-corrected chi connectivity index (χ0v) is 22.0. The third-order valence-electron chi connectivity index (χ3n) is 8.25. The molecule has 0 saturated carbocycles. The summed E-state index contributed by atoms with van der Waals surface area (Å²) in [6.07, 6.45) is 0. The third-order valence-corrected chi connectivity index (χ3v) is 8.25. The van der Waals surface area contributed by atoms with Gasteiger partial charge in [0.15, 0.2) is 0 Å². The van der Waals surface area contributed by atoms with E-state index in [2.05, 4.69) is 158 Å². The van der Waals surface area contributed by atoms with Gasteiger partial charge in [0.1, 0.15) is 0 Å². The lowest BCUT2D eigenvalue weighted by atomic mass is 9.83. The molecule has 8 aromatic rings. The fourth-order valence-corrected chi connectivity index (χ4v) is 6.45. The summed E-state index contributed by atoms with van der Waals surface area (Å²) in [5, 5.41) is 10.2. The van der Waals surface area contributed by atoms with Crippen LogP contribution in [0.1, 0.15) is 0 Å². The Kier molecular flexibility index (Phi) is 5.24. The van der Waals surface area contributed by atoms with E-state index >= 15 is 0 Å². The van der Waals surface area contributed by atoms with E-state index < -0.39 is 0 Å². The van der Waals surface area contributed by atoms with Gasteiger partial charge < -0.3 is 0 Å². The lowest BCUT2D eigenvalue weighted by molar-refractivity contribution is 1.64. The van der Waals surface area contributed by atoms with E-state index in [9.17, 15) is 0 Å². The van der Waals surface area contributed by atoms with Crippen LogP contribution in [0.3, 0.4) is 0 Å². The third kappa shape index (κ3) is 3.54. The predicted molar refractivity (Wildman–Crippen MR) is 173 cm³/mol. The molecule has 40 heavy (non-hydrogen) atoms. The van der Waals surface area contributed by atoms with Crippen molar-refractivity contribution in [3.05, 3.63) is 158 Å². The molecule has 0 spiro atoms. The van der Waals surface area contributed by atoms with Crippen LogP contribution in [0.4, 0.5) is 0 Å². The molecule has 0 nitrogen and oxygen atoms in total. The first-order chi connectivity index (χ1) is 19.9. The Hall–Kier alpha value is -5.20. The standard InChI is InChI=1S/C40H26/c1-2-12-27(13-3-1)30-25-24-29-16-11-23-37(38(29)26-30)40-35-20-8-6-18-33(35)39(34-19-7-9-21-36(34)40)32-22-10-15-28-14-4-5-17-31(28)32/h1-26H. The van der Waals surface area contributed by atoms with Gasteiger partial charge in [-0.1, -0.05) is 152 Å². The van der Waals surface area contributed by atoms with Crippen molar-refractivity contribution in [3.8, 4) is 33.4 Å². The second kappa shape index (κ2) is 9.22. The van der Waals surface area contributed by atoms with Crippen LogP contribution in [0.25, 0.3) is 76.5 Å². The monoisotopic (exact) mass is 506 g/mol. The van der Waals surface area contributed by atoms with Gasteiger partial charge in [0.05, 0.1) is 0 Å². The fraction of sp³-hybridized carbons (Fsp3) is 0. The Bertz CT molecular complexity index is 2140. The minimum Gasteiger partial charge on any atom is -0.0622 e. The minimum absolute atomic E-state index is 1.24. The summed E-state index contributed by atoms with van der Waals surface area (Å²) in [7, 11) is 0. The van der Waals surface area contributed by atoms with Gasteiger partial charge >= 0.3 is 0 Å². The van der Waals surface area contributed by atoms with Crippen molar-refractivity contribution in [1.82, 2.24) is 0 Å². The highest BCUT2D eigenvalue weighted by molar-refractivity contribution is 6.25. The maximum absolute atomic E-state index is 2.36. The average Bonchev–Trinajstić information content (AvgIpc) is 3.03. The summed E-state index contributed by atoms with van der Waals surface area (Å²) < 4.78 is 0. The summed E-state index contributed by atoms with van der Waals surface area (Å²) in [5.41, 5.74) is 7.62. The zero-order chi connectivity index (χ0) is 26.5. The summed E-state index contributed by atoms with van der Waals surface area (Å²) in [5.74, 6) is 0. The largest absolute Gasteiger partial charge is 0.0622 e. The first-order valence-corrected chi connectivity index (χ1v) is 13.9. The van der Waals surface area contributed by atoms with E-state index in [4.69, 9.17) is 0 Å². The van der Waals surface area contributed by atoms with Gasteiger partial charge in [-0.05, 0) is 82.5 Å². The molecule has 0 heteroatoms. The van der Waals surface area contributed by atoms with Crippen LogP contribution in [0, 0.1) is 0 Å². The highest BCUT2D eigenvalue weighted by Gasteiger charge is 2.19. The SMILES string of the molecule is c1ccc(-c2ccc3cccc(-c4c5ccccc5c(-c5cccc6ccccc56)c5ccccc45)c3c2)cc1. The molecule has 0 aliphatic rings. The first kappa shape index (κ1) is 22.8. The Morgan fingerprint density at radius 3 is 1.30 bits per heavy atom. The number of benzene rings is 8. The predicted octanol–water partition coefficient (Wildman–Crippen LogP) is 11.3. The molecule has 0 radical (unpaired) electrons. The molecule has 8 aromatic carbocycles. The van der Waals surface area contributed by atoms with E-state index in [0.29, 0.717) is 0 Å². The normalized spacial score (nSPS) is 11.5. The number of hydrogen-bond acceptors (Lipinski definition) is 0. The number of rotatable bonds is 3. The molecule has 0 amide bonds. The van der Waals surface area contributed by atoms with Crippen molar-refractivity contribution < 1.29 is 0 Å². The Labute approximate surface area is 233 Å². The number of fused-ring (bicyclic) bond motifs is 4. The minimum atomic E-state index is 1.24. The van der Waals surface area contributed by atoms with Crippen LogP contribution in [0.2, 0.25) is 0 Å². The van der Waals surface area contributed by atoms with Crippen LogP contribution in [0.15, 0.2) is 158 Å². The second-order valence-corrected chi connectivity index (χ2v) is 10.5. The Balaban J connectivity index is 1.51. The van der Waals surface area contributed by atoms with Crippen molar-refractivity contribution in [2.24, 2.45) is 0 Å². The van der Waals surface area contributed by atoms with Gasteiger partial charge in [0.25, 0.3) is 0 Å². The molecule has 0 bridgehead atoms. The van der Waals surface area contributed by atoms with Crippen LogP contribution >= 0.6 is 0 Å². The zero-order valence-electron chi connectivity index (χ0n) is 22.0. The van der Waals surface area contributed by atoms with E-state index in [0.717, 1.165) is 0 Å². The summed E-state index contributed by atoms with van der Waals surface area (Å²) in [4.78, 5) is 0. The van der Waals surface area contributed by atoms with Crippen LogP contribution < -0.4 is 0 Å². The molecule has 186 valence electrons. The first-order valence-electron chi connectivity index (χ1n) is 13.9. The van der Waals surface area contributed by atoms with E-state index in [1.807, 2.05) is 0 Å². The van der Waals surface area contributed by atoms with Crippen molar-refractivity contribution in [2.45, 2.75) is 0 Å². The smallest absolute Gasteiger partial charge is 0.00201 e. The molecule has 0 aliphatic heterocycles. The molecule has 0 fully saturated rings. The van der Waals surface area contributed by atoms with Crippen LogP contribution in [0.5, 0.6) is 0 Å². The topological polar surface area (TPSA) is 0 Å². The summed E-state index contributed by atoms with van der Waals surface area (Å²) in [6.45, 7) is 0. The summed E-state index contributed by atoms with van der Waals surface area (Å²) in [6, 6.07) is 57.5. The van der Waals surface area contributed by atoms with Gasteiger partial charge in [0.2, 0.25) is 0 Å². The van der Waals surface area contributed by atoms with Gasteiger partial charge in [-0.2, -0.15) is 0 Å². The van der Waals surface area contributed by atoms with Gasteiger partial charge in [0, 0.05) is 0 Å². The quantitative estimate of drug-likeness (QED) is 0.209. The number of hydrogen-bond donors (Lipinski definition) is 0. The molecule has 0 aliphatic carbocycles. The molecule has 0 saturated heterocycles. The Morgan fingerprint density at radius 1 is 0.250 bits per heavy atom. The summed E-state index contributed by atoms with van der Waals surface area (Å²) >= 11 is 0. The maximum atomic E-state index is 2.36. The molecule has 8 rings (SSSR count). The molecule has 0 aromatic heterocycles.